The monoisotopic (exact) mass is 226 g/mol. The minimum Gasteiger partial charge on any atom is -0.396 e. The van der Waals surface area contributed by atoms with E-state index >= 15 is 0 Å². The second kappa shape index (κ2) is 4.52. The molecule has 0 aliphatic carbocycles. The van der Waals surface area contributed by atoms with Crippen molar-refractivity contribution in [1.29, 1.82) is 0 Å². The van der Waals surface area contributed by atoms with Crippen LogP contribution in [0, 0.1) is 0 Å². The molecule has 0 fully saturated rings. The molecule has 0 aromatic carbocycles. The number of aliphatic hydroxyl groups excluding tert-OH is 1. The van der Waals surface area contributed by atoms with Gasteiger partial charge in [0.05, 0.1) is 24.0 Å². The van der Waals surface area contributed by atoms with Crippen LogP contribution in [0.2, 0.25) is 0 Å². The molecule has 90 valence electrons. The number of anilines is 1. The molecule has 0 atom stereocenters. The number of nitrogens with two attached hydrogens (primary N) is 1. The molecule has 1 heterocycles. The number of carbonyl (C=O) groups is 1. The van der Waals surface area contributed by atoms with Gasteiger partial charge in [-0.2, -0.15) is 5.10 Å². The van der Waals surface area contributed by atoms with E-state index < -0.39 is 5.54 Å². The summed E-state index contributed by atoms with van der Waals surface area (Å²) in [5.41, 5.74) is 5.68. The second-order valence-electron chi connectivity index (χ2n) is 4.26. The summed E-state index contributed by atoms with van der Waals surface area (Å²) in [6.07, 6.45) is 1.45. The van der Waals surface area contributed by atoms with Crippen molar-refractivity contribution in [3.8, 4) is 0 Å². The number of carbonyl (C=O) groups excluding carboxylic acids is 1. The molecule has 0 aliphatic rings. The molecule has 0 unspecified atom stereocenters. The highest BCUT2D eigenvalue weighted by Gasteiger charge is 2.23. The Balaban J connectivity index is 2.92. The number of nitrogens with one attached hydrogen (secondary N) is 1. The third kappa shape index (κ3) is 2.52. The Hall–Kier alpha value is -1.56. The number of aromatic nitrogens is 2. The van der Waals surface area contributed by atoms with Gasteiger partial charge in [0.25, 0.3) is 5.91 Å². The summed E-state index contributed by atoms with van der Waals surface area (Å²) in [6, 6.07) is 0. The number of hydrogen-bond acceptors (Lipinski definition) is 4. The van der Waals surface area contributed by atoms with Gasteiger partial charge < -0.3 is 16.2 Å². The molecule has 6 nitrogen and oxygen atoms in total. The highest BCUT2D eigenvalue weighted by molar-refractivity contribution is 5.97. The van der Waals surface area contributed by atoms with Crippen LogP contribution in [0.4, 0.5) is 5.69 Å². The van der Waals surface area contributed by atoms with Crippen LogP contribution in [0.15, 0.2) is 6.20 Å². The Morgan fingerprint density at radius 3 is 2.81 bits per heavy atom. The molecule has 1 rings (SSSR count). The summed E-state index contributed by atoms with van der Waals surface area (Å²) in [6.45, 7) is 5.76. The van der Waals surface area contributed by atoms with Gasteiger partial charge in [-0.05, 0) is 20.8 Å². The lowest BCUT2D eigenvalue weighted by Gasteiger charge is -2.23. The predicted molar refractivity (Wildman–Crippen MR) is 60.9 cm³/mol. The Morgan fingerprint density at radius 2 is 2.31 bits per heavy atom. The second-order valence-corrected chi connectivity index (χ2v) is 4.26. The van der Waals surface area contributed by atoms with Gasteiger partial charge in [-0.25, -0.2) is 0 Å². The Bertz CT molecular complexity index is 384. The zero-order chi connectivity index (χ0) is 12.3. The van der Waals surface area contributed by atoms with E-state index in [1.807, 2.05) is 6.92 Å². The quantitative estimate of drug-likeness (QED) is 0.673. The molecule has 6 heteroatoms. The molecule has 0 bridgehead atoms. The average Bonchev–Trinajstić information content (AvgIpc) is 2.59. The van der Waals surface area contributed by atoms with E-state index in [1.54, 1.807) is 13.8 Å². The number of rotatable bonds is 4. The van der Waals surface area contributed by atoms with Gasteiger partial charge in [0.2, 0.25) is 0 Å². The van der Waals surface area contributed by atoms with Gasteiger partial charge in [0.1, 0.15) is 5.69 Å². The van der Waals surface area contributed by atoms with Crippen LogP contribution in [0.25, 0.3) is 0 Å². The molecule has 0 radical (unpaired) electrons. The topological polar surface area (TPSA) is 93.2 Å². The van der Waals surface area contributed by atoms with Crippen LogP contribution in [0.1, 0.15) is 31.3 Å². The fourth-order valence-corrected chi connectivity index (χ4v) is 1.29. The van der Waals surface area contributed by atoms with Crippen molar-refractivity contribution in [1.82, 2.24) is 15.1 Å². The molecule has 16 heavy (non-hydrogen) atoms. The SMILES string of the molecule is CCn1ncc(N)c1C(=O)NC(C)(C)CO. The number of amides is 1. The normalized spacial score (nSPS) is 11.5. The maximum Gasteiger partial charge on any atom is 0.272 e. The predicted octanol–water partition coefficient (Wildman–Crippen LogP) is -0.0141. The minimum absolute atomic E-state index is 0.140. The van der Waals surface area contributed by atoms with Gasteiger partial charge >= 0.3 is 0 Å². The first-order valence-electron chi connectivity index (χ1n) is 5.16. The highest BCUT2D eigenvalue weighted by Crippen LogP contribution is 2.12. The molecular formula is C10H18N4O2. The van der Waals surface area contributed by atoms with E-state index in [1.165, 1.54) is 10.9 Å². The fraction of sp³-hybridized carbons (Fsp3) is 0.600. The van der Waals surface area contributed by atoms with E-state index in [0.29, 0.717) is 17.9 Å². The number of hydrogen-bond donors (Lipinski definition) is 3. The number of nitrogen functional groups attached to an aromatic ring is 1. The van der Waals surface area contributed by atoms with E-state index in [9.17, 15) is 4.79 Å². The third-order valence-corrected chi connectivity index (χ3v) is 2.23. The molecule has 0 saturated carbocycles. The van der Waals surface area contributed by atoms with Crippen molar-refractivity contribution < 1.29 is 9.90 Å². The molecular weight excluding hydrogens is 208 g/mol. The molecule has 0 spiro atoms. The van der Waals surface area contributed by atoms with Crippen molar-refractivity contribution in [2.75, 3.05) is 12.3 Å². The van der Waals surface area contributed by atoms with Crippen molar-refractivity contribution in [2.24, 2.45) is 0 Å². The lowest BCUT2D eigenvalue weighted by Crippen LogP contribution is -2.47. The van der Waals surface area contributed by atoms with E-state index in [0.717, 1.165) is 0 Å². The smallest absolute Gasteiger partial charge is 0.272 e. The van der Waals surface area contributed by atoms with Crippen LogP contribution in [0.3, 0.4) is 0 Å². The van der Waals surface area contributed by atoms with Gasteiger partial charge in [0.15, 0.2) is 0 Å². The molecule has 0 saturated heterocycles. The Morgan fingerprint density at radius 1 is 1.69 bits per heavy atom. The van der Waals surface area contributed by atoms with Crippen LogP contribution in [-0.2, 0) is 6.54 Å². The van der Waals surface area contributed by atoms with Crippen molar-refractivity contribution in [3.05, 3.63) is 11.9 Å². The molecule has 4 N–H and O–H groups in total. The van der Waals surface area contributed by atoms with Crippen LogP contribution in [-0.4, -0.2) is 32.9 Å². The van der Waals surface area contributed by atoms with E-state index in [4.69, 9.17) is 10.8 Å². The van der Waals surface area contributed by atoms with Crippen LogP contribution < -0.4 is 11.1 Å². The summed E-state index contributed by atoms with van der Waals surface area (Å²) in [5, 5.41) is 15.7. The minimum atomic E-state index is -0.674. The average molecular weight is 226 g/mol. The summed E-state index contributed by atoms with van der Waals surface area (Å²) in [7, 11) is 0. The largest absolute Gasteiger partial charge is 0.396 e. The summed E-state index contributed by atoms with van der Waals surface area (Å²) in [5.74, 6) is -0.323. The van der Waals surface area contributed by atoms with Gasteiger partial charge in [-0.3, -0.25) is 9.48 Å². The Labute approximate surface area is 94.4 Å². The summed E-state index contributed by atoms with van der Waals surface area (Å²) >= 11 is 0. The van der Waals surface area contributed by atoms with Crippen molar-refractivity contribution in [2.45, 2.75) is 32.9 Å². The first-order valence-corrected chi connectivity index (χ1v) is 5.16. The van der Waals surface area contributed by atoms with Crippen molar-refractivity contribution in [3.63, 3.8) is 0 Å². The lowest BCUT2D eigenvalue weighted by molar-refractivity contribution is 0.0859. The number of aliphatic hydroxyl groups is 1. The van der Waals surface area contributed by atoms with Gasteiger partial charge in [-0.1, -0.05) is 0 Å². The first-order chi connectivity index (χ1) is 7.41. The van der Waals surface area contributed by atoms with Gasteiger partial charge in [-0.15, -0.1) is 0 Å². The fourth-order valence-electron chi connectivity index (χ4n) is 1.29. The zero-order valence-corrected chi connectivity index (χ0v) is 9.82. The first kappa shape index (κ1) is 12.5. The highest BCUT2D eigenvalue weighted by atomic mass is 16.3. The zero-order valence-electron chi connectivity index (χ0n) is 9.82. The van der Waals surface area contributed by atoms with Crippen LogP contribution in [0.5, 0.6) is 0 Å². The molecule has 1 aromatic rings. The van der Waals surface area contributed by atoms with Crippen molar-refractivity contribution >= 4 is 11.6 Å². The lowest BCUT2D eigenvalue weighted by atomic mass is 10.1. The number of nitrogens with zero attached hydrogens (tertiary/aromatic N) is 2. The Kier molecular flexibility index (Phi) is 3.54. The van der Waals surface area contributed by atoms with Crippen LogP contribution >= 0.6 is 0 Å². The molecule has 1 amide bonds. The molecule has 1 aromatic heterocycles. The van der Waals surface area contributed by atoms with E-state index in [-0.39, 0.29) is 12.5 Å². The molecule has 0 aliphatic heterocycles. The third-order valence-electron chi connectivity index (χ3n) is 2.23. The maximum absolute atomic E-state index is 11.9. The maximum atomic E-state index is 11.9. The summed E-state index contributed by atoms with van der Waals surface area (Å²) < 4.78 is 1.53. The standard InChI is InChI=1S/C10H18N4O2/c1-4-14-8(7(11)5-12-14)9(16)13-10(2,3)6-15/h5,15H,4,6,11H2,1-3H3,(H,13,16). The number of aryl methyl sites for hydroxylation is 1. The van der Waals surface area contributed by atoms with Gasteiger partial charge in [0, 0.05) is 6.54 Å². The van der Waals surface area contributed by atoms with E-state index in [2.05, 4.69) is 10.4 Å². The summed E-state index contributed by atoms with van der Waals surface area (Å²) in [4.78, 5) is 11.9.